The smallest absolute Gasteiger partial charge is 0.312 e. The summed E-state index contributed by atoms with van der Waals surface area (Å²) >= 11 is 0. The molecule has 6 nitrogen and oxygen atoms in total. The van der Waals surface area contributed by atoms with Gasteiger partial charge in [-0.3, -0.25) is 4.79 Å². The van der Waals surface area contributed by atoms with E-state index in [0.29, 0.717) is 25.6 Å². The minimum absolute atomic E-state index is 0.117. The molecule has 0 spiro atoms. The van der Waals surface area contributed by atoms with Crippen molar-refractivity contribution < 1.29 is 9.59 Å². The van der Waals surface area contributed by atoms with Gasteiger partial charge in [0.15, 0.2) is 0 Å². The Morgan fingerprint density at radius 3 is 2.88 bits per heavy atom. The van der Waals surface area contributed by atoms with Gasteiger partial charge in [-0.25, -0.2) is 4.79 Å². The lowest BCUT2D eigenvalue weighted by Gasteiger charge is -2.32. The molecule has 0 aromatic carbocycles. The molecule has 1 aliphatic rings. The Balaban J connectivity index is 2.34. The Morgan fingerprint density at radius 1 is 1.50 bits per heavy atom. The van der Waals surface area contributed by atoms with Gasteiger partial charge in [0.1, 0.15) is 0 Å². The highest BCUT2D eigenvalue weighted by Crippen LogP contribution is 2.15. The number of nitrogens with zero attached hydrogens (tertiary/aromatic N) is 1. The van der Waals surface area contributed by atoms with E-state index in [1.807, 2.05) is 4.90 Å². The van der Waals surface area contributed by atoms with E-state index in [-0.39, 0.29) is 5.91 Å². The van der Waals surface area contributed by atoms with Crippen molar-refractivity contribution in [1.29, 1.82) is 0 Å². The van der Waals surface area contributed by atoms with Crippen LogP contribution in [0.5, 0.6) is 0 Å². The third-order valence-electron chi connectivity index (χ3n) is 2.76. The summed E-state index contributed by atoms with van der Waals surface area (Å²) in [7, 11) is 1.76. The van der Waals surface area contributed by atoms with Gasteiger partial charge in [-0.1, -0.05) is 0 Å². The highest BCUT2D eigenvalue weighted by molar-refractivity contribution is 5.78. The van der Waals surface area contributed by atoms with Crippen molar-refractivity contribution in [3.63, 3.8) is 0 Å². The summed E-state index contributed by atoms with van der Waals surface area (Å²) < 4.78 is 0. The molecule has 0 aromatic rings. The number of hydrogen-bond donors (Lipinski definition) is 3. The van der Waals surface area contributed by atoms with Crippen molar-refractivity contribution in [2.45, 2.75) is 12.8 Å². The molecule has 0 bridgehead atoms. The SMILES string of the molecule is CNCC(=O)N1CCCC(CNC(N)=O)C1. The molecular formula is C10H20N4O2. The van der Waals surface area contributed by atoms with Crippen LogP contribution < -0.4 is 16.4 Å². The largest absolute Gasteiger partial charge is 0.352 e. The van der Waals surface area contributed by atoms with Crippen LogP contribution >= 0.6 is 0 Å². The Labute approximate surface area is 95.5 Å². The molecule has 1 heterocycles. The molecule has 0 saturated carbocycles. The third kappa shape index (κ3) is 4.06. The summed E-state index contributed by atoms with van der Waals surface area (Å²) in [6.45, 7) is 2.45. The first-order valence-corrected chi connectivity index (χ1v) is 5.59. The average molecular weight is 228 g/mol. The fourth-order valence-electron chi connectivity index (χ4n) is 1.97. The molecule has 1 unspecified atom stereocenters. The van der Waals surface area contributed by atoms with Gasteiger partial charge in [-0.15, -0.1) is 0 Å². The number of carbonyl (C=O) groups excluding carboxylic acids is 2. The molecular weight excluding hydrogens is 208 g/mol. The van der Waals surface area contributed by atoms with E-state index in [1.54, 1.807) is 7.05 Å². The van der Waals surface area contributed by atoms with Crippen molar-refractivity contribution in [3.05, 3.63) is 0 Å². The van der Waals surface area contributed by atoms with Gasteiger partial charge >= 0.3 is 6.03 Å². The quantitative estimate of drug-likeness (QED) is 0.583. The van der Waals surface area contributed by atoms with Crippen LogP contribution in [0, 0.1) is 5.92 Å². The van der Waals surface area contributed by atoms with Gasteiger partial charge in [-0.2, -0.15) is 0 Å². The first kappa shape index (κ1) is 12.8. The fraction of sp³-hybridized carbons (Fsp3) is 0.800. The number of hydrogen-bond acceptors (Lipinski definition) is 3. The Morgan fingerprint density at radius 2 is 2.25 bits per heavy atom. The molecule has 3 amide bonds. The molecule has 92 valence electrons. The number of likely N-dealkylation sites (tertiary alicyclic amines) is 1. The van der Waals surface area contributed by atoms with Crippen molar-refractivity contribution >= 4 is 11.9 Å². The number of amides is 3. The molecule has 1 atom stereocenters. The second-order valence-corrected chi connectivity index (χ2v) is 4.12. The molecule has 0 aromatic heterocycles. The number of rotatable bonds is 4. The maximum absolute atomic E-state index is 11.6. The minimum atomic E-state index is -0.501. The van der Waals surface area contributed by atoms with Gasteiger partial charge in [0.2, 0.25) is 5.91 Å². The van der Waals surface area contributed by atoms with Gasteiger partial charge < -0.3 is 21.3 Å². The predicted octanol–water partition coefficient (Wildman–Crippen LogP) is -0.887. The number of piperidine rings is 1. The number of carbonyl (C=O) groups is 2. The van der Waals surface area contributed by atoms with Crippen LogP contribution in [0.15, 0.2) is 0 Å². The standard InChI is InChI=1S/C10H20N4O2/c1-12-6-9(15)14-4-2-3-8(7-14)5-13-10(11)16/h8,12H,2-7H2,1H3,(H3,11,13,16). The van der Waals surface area contributed by atoms with Crippen molar-refractivity contribution in [3.8, 4) is 0 Å². The van der Waals surface area contributed by atoms with E-state index < -0.39 is 6.03 Å². The first-order chi connectivity index (χ1) is 7.63. The Kier molecular flexibility index (Phi) is 5.04. The van der Waals surface area contributed by atoms with Crippen molar-refractivity contribution in [2.24, 2.45) is 11.7 Å². The van der Waals surface area contributed by atoms with Crippen molar-refractivity contribution in [1.82, 2.24) is 15.5 Å². The zero-order valence-electron chi connectivity index (χ0n) is 9.66. The van der Waals surface area contributed by atoms with Crippen LogP contribution in [0.2, 0.25) is 0 Å². The third-order valence-corrected chi connectivity index (χ3v) is 2.76. The molecule has 0 aliphatic carbocycles. The Hall–Kier alpha value is -1.30. The number of urea groups is 1. The molecule has 1 fully saturated rings. The summed E-state index contributed by atoms with van der Waals surface area (Å²) in [5.74, 6) is 0.438. The van der Waals surface area contributed by atoms with Crippen LogP contribution in [0.25, 0.3) is 0 Å². The highest BCUT2D eigenvalue weighted by Gasteiger charge is 2.23. The highest BCUT2D eigenvalue weighted by atomic mass is 16.2. The Bertz CT molecular complexity index is 257. The van der Waals surface area contributed by atoms with E-state index in [9.17, 15) is 9.59 Å². The average Bonchev–Trinajstić information content (AvgIpc) is 2.27. The molecule has 0 radical (unpaired) electrons. The first-order valence-electron chi connectivity index (χ1n) is 5.59. The molecule has 1 saturated heterocycles. The monoisotopic (exact) mass is 228 g/mol. The number of nitrogens with one attached hydrogen (secondary N) is 2. The van der Waals surface area contributed by atoms with E-state index in [2.05, 4.69) is 10.6 Å². The molecule has 1 rings (SSSR count). The zero-order valence-corrected chi connectivity index (χ0v) is 9.66. The maximum atomic E-state index is 11.6. The lowest BCUT2D eigenvalue weighted by Crippen LogP contribution is -2.46. The summed E-state index contributed by atoms with van der Waals surface area (Å²) in [4.78, 5) is 24.1. The lowest BCUT2D eigenvalue weighted by atomic mass is 9.98. The van der Waals surface area contributed by atoms with Gasteiger partial charge in [0.25, 0.3) is 0 Å². The lowest BCUT2D eigenvalue weighted by molar-refractivity contribution is -0.131. The van der Waals surface area contributed by atoms with Gasteiger partial charge in [0, 0.05) is 19.6 Å². The van der Waals surface area contributed by atoms with E-state index >= 15 is 0 Å². The molecule has 16 heavy (non-hydrogen) atoms. The summed E-state index contributed by atoms with van der Waals surface area (Å²) in [5.41, 5.74) is 5.01. The van der Waals surface area contributed by atoms with Crippen LogP contribution in [-0.4, -0.2) is 50.1 Å². The second kappa shape index (κ2) is 6.32. The number of primary amides is 1. The second-order valence-electron chi connectivity index (χ2n) is 4.12. The van der Waals surface area contributed by atoms with Crippen LogP contribution in [-0.2, 0) is 4.79 Å². The summed E-state index contributed by atoms with van der Waals surface area (Å²) in [5, 5.41) is 5.44. The van der Waals surface area contributed by atoms with Crippen molar-refractivity contribution in [2.75, 3.05) is 33.2 Å². The fourth-order valence-corrected chi connectivity index (χ4v) is 1.97. The van der Waals surface area contributed by atoms with Gasteiger partial charge in [-0.05, 0) is 25.8 Å². The summed E-state index contributed by atoms with van der Waals surface area (Å²) in [6.07, 6.45) is 2.02. The maximum Gasteiger partial charge on any atom is 0.312 e. The minimum Gasteiger partial charge on any atom is -0.352 e. The van der Waals surface area contributed by atoms with E-state index in [1.165, 1.54) is 0 Å². The number of likely N-dealkylation sites (N-methyl/N-ethyl adjacent to an activating group) is 1. The number of nitrogens with two attached hydrogens (primary N) is 1. The zero-order chi connectivity index (χ0) is 12.0. The van der Waals surface area contributed by atoms with Crippen LogP contribution in [0.3, 0.4) is 0 Å². The van der Waals surface area contributed by atoms with Crippen LogP contribution in [0.1, 0.15) is 12.8 Å². The molecule has 4 N–H and O–H groups in total. The molecule has 1 aliphatic heterocycles. The topological polar surface area (TPSA) is 87.5 Å². The predicted molar refractivity (Wildman–Crippen MR) is 60.8 cm³/mol. The summed E-state index contributed by atoms with van der Waals surface area (Å²) in [6, 6.07) is -0.501. The normalized spacial score (nSPS) is 20.6. The van der Waals surface area contributed by atoms with Crippen LogP contribution in [0.4, 0.5) is 4.79 Å². The van der Waals surface area contributed by atoms with E-state index in [4.69, 9.17) is 5.73 Å². The van der Waals surface area contributed by atoms with E-state index in [0.717, 1.165) is 19.4 Å². The molecule has 6 heteroatoms. The van der Waals surface area contributed by atoms with Gasteiger partial charge in [0.05, 0.1) is 6.54 Å².